The van der Waals surface area contributed by atoms with E-state index in [-0.39, 0.29) is 11.5 Å². The molecule has 21 heavy (non-hydrogen) atoms. The van der Waals surface area contributed by atoms with Gasteiger partial charge >= 0.3 is 0 Å². The molecule has 0 radical (unpaired) electrons. The minimum Gasteiger partial charge on any atom is -0.314 e. The molecule has 0 aliphatic heterocycles. The number of rotatable bonds is 6. The summed E-state index contributed by atoms with van der Waals surface area (Å²) in [5.41, 5.74) is 1.25. The van der Waals surface area contributed by atoms with Crippen LogP contribution < -0.4 is 5.32 Å². The second-order valence-corrected chi connectivity index (χ2v) is 5.57. The third-order valence-electron chi connectivity index (χ3n) is 3.56. The van der Waals surface area contributed by atoms with Crippen molar-refractivity contribution >= 4 is 0 Å². The largest absolute Gasteiger partial charge is 0.314 e. The first-order valence-electron chi connectivity index (χ1n) is 7.29. The van der Waals surface area contributed by atoms with Crippen LogP contribution in [0.25, 0.3) is 0 Å². The molecule has 2 aromatic carbocycles. The zero-order valence-corrected chi connectivity index (χ0v) is 12.4. The molecule has 1 unspecified atom stereocenters. The highest BCUT2D eigenvalue weighted by atomic mass is 19.1. The summed E-state index contributed by atoms with van der Waals surface area (Å²) in [5.74, 6) is -0.902. The van der Waals surface area contributed by atoms with Crippen LogP contribution in [-0.2, 0) is 6.42 Å². The fraction of sp³-hybridized carbons (Fsp3) is 0.333. The van der Waals surface area contributed by atoms with Crippen LogP contribution in [0.5, 0.6) is 0 Å². The average molecular weight is 289 g/mol. The quantitative estimate of drug-likeness (QED) is 0.836. The van der Waals surface area contributed by atoms with Gasteiger partial charge < -0.3 is 5.32 Å². The van der Waals surface area contributed by atoms with Gasteiger partial charge in [0.25, 0.3) is 0 Å². The Labute approximate surface area is 125 Å². The third kappa shape index (κ3) is 4.36. The maximum atomic E-state index is 13.9. The monoisotopic (exact) mass is 289 g/mol. The number of nitrogens with one attached hydrogen (secondary N) is 1. The van der Waals surface area contributed by atoms with Gasteiger partial charge in [0.05, 0.1) is 0 Å². The molecule has 0 aliphatic rings. The van der Waals surface area contributed by atoms with Crippen LogP contribution >= 0.6 is 0 Å². The van der Waals surface area contributed by atoms with E-state index in [0.29, 0.717) is 19.0 Å². The van der Waals surface area contributed by atoms with Crippen molar-refractivity contribution in [1.82, 2.24) is 5.32 Å². The van der Waals surface area contributed by atoms with E-state index >= 15 is 0 Å². The fourth-order valence-electron chi connectivity index (χ4n) is 2.38. The molecule has 0 amide bonds. The lowest BCUT2D eigenvalue weighted by Gasteiger charge is -2.20. The number of benzene rings is 2. The Morgan fingerprint density at radius 2 is 1.52 bits per heavy atom. The Bertz CT molecular complexity index is 546. The molecule has 0 bridgehead atoms. The lowest BCUT2D eigenvalue weighted by atomic mass is 9.91. The molecule has 0 aromatic heterocycles. The van der Waals surface area contributed by atoms with E-state index < -0.39 is 11.6 Å². The van der Waals surface area contributed by atoms with Gasteiger partial charge in [0, 0.05) is 24.1 Å². The van der Waals surface area contributed by atoms with Crippen LogP contribution in [0, 0.1) is 11.6 Å². The van der Waals surface area contributed by atoms with Gasteiger partial charge in [0.2, 0.25) is 0 Å². The van der Waals surface area contributed by atoms with Crippen LogP contribution in [0.15, 0.2) is 48.5 Å². The maximum Gasteiger partial charge on any atom is 0.129 e. The maximum absolute atomic E-state index is 13.9. The standard InChI is InChI=1S/C18H21F2N/c1-13(2)21-12-15(14-7-4-3-5-8-14)11-16-17(19)9-6-10-18(16)20/h3-10,13,15,21H,11-12H2,1-2H3. The number of hydrogen-bond acceptors (Lipinski definition) is 1. The van der Waals surface area contributed by atoms with Gasteiger partial charge in [-0.25, -0.2) is 8.78 Å². The predicted molar refractivity (Wildman–Crippen MR) is 82.4 cm³/mol. The van der Waals surface area contributed by atoms with E-state index in [1.807, 2.05) is 30.3 Å². The minimum atomic E-state index is -0.472. The molecule has 0 saturated carbocycles. The van der Waals surface area contributed by atoms with Crippen LogP contribution in [0.1, 0.15) is 30.9 Å². The molecule has 112 valence electrons. The highest BCUT2D eigenvalue weighted by Gasteiger charge is 2.17. The summed E-state index contributed by atoms with van der Waals surface area (Å²) in [6.45, 7) is 4.81. The van der Waals surface area contributed by atoms with Crippen molar-refractivity contribution in [3.63, 3.8) is 0 Å². The summed E-state index contributed by atoms with van der Waals surface area (Å²) < 4.78 is 27.7. The second kappa shape index (κ2) is 7.32. The Morgan fingerprint density at radius 3 is 2.10 bits per heavy atom. The summed E-state index contributed by atoms with van der Waals surface area (Å²) in [7, 11) is 0. The summed E-state index contributed by atoms with van der Waals surface area (Å²) in [6, 6.07) is 14.2. The van der Waals surface area contributed by atoms with Crippen molar-refractivity contribution in [2.24, 2.45) is 0 Å². The molecule has 3 heteroatoms. The van der Waals surface area contributed by atoms with Crippen LogP contribution in [-0.4, -0.2) is 12.6 Å². The van der Waals surface area contributed by atoms with E-state index in [0.717, 1.165) is 5.56 Å². The zero-order valence-electron chi connectivity index (χ0n) is 12.4. The predicted octanol–water partition coefficient (Wildman–Crippen LogP) is 4.29. The van der Waals surface area contributed by atoms with E-state index in [1.165, 1.54) is 18.2 Å². The Kier molecular flexibility index (Phi) is 5.45. The first-order valence-corrected chi connectivity index (χ1v) is 7.29. The van der Waals surface area contributed by atoms with E-state index in [4.69, 9.17) is 0 Å². The van der Waals surface area contributed by atoms with Gasteiger partial charge in [-0.05, 0) is 24.1 Å². The van der Waals surface area contributed by atoms with Gasteiger partial charge in [-0.3, -0.25) is 0 Å². The smallest absolute Gasteiger partial charge is 0.129 e. The van der Waals surface area contributed by atoms with E-state index in [1.54, 1.807) is 0 Å². The summed E-state index contributed by atoms with van der Waals surface area (Å²) in [4.78, 5) is 0. The van der Waals surface area contributed by atoms with Crippen molar-refractivity contribution in [3.05, 3.63) is 71.3 Å². The average Bonchev–Trinajstić information content (AvgIpc) is 2.47. The molecule has 0 heterocycles. The SMILES string of the molecule is CC(C)NCC(Cc1c(F)cccc1F)c1ccccc1. The lowest BCUT2D eigenvalue weighted by Crippen LogP contribution is -2.29. The minimum absolute atomic E-state index is 0.0417. The number of hydrogen-bond donors (Lipinski definition) is 1. The Morgan fingerprint density at radius 1 is 0.905 bits per heavy atom. The first-order chi connectivity index (χ1) is 10.1. The molecule has 1 N–H and O–H groups in total. The molecular formula is C18H21F2N. The molecule has 1 atom stereocenters. The normalized spacial score (nSPS) is 12.6. The van der Waals surface area contributed by atoms with Gasteiger partial charge in [0.15, 0.2) is 0 Å². The number of halogens is 2. The highest BCUT2D eigenvalue weighted by molar-refractivity contribution is 5.26. The van der Waals surface area contributed by atoms with Crippen LogP contribution in [0.4, 0.5) is 8.78 Å². The van der Waals surface area contributed by atoms with Crippen molar-refractivity contribution in [2.75, 3.05) is 6.54 Å². The van der Waals surface area contributed by atoms with Gasteiger partial charge in [-0.2, -0.15) is 0 Å². The molecule has 0 saturated heterocycles. The summed E-state index contributed by atoms with van der Waals surface area (Å²) in [5, 5.41) is 3.36. The van der Waals surface area contributed by atoms with E-state index in [9.17, 15) is 8.78 Å². The zero-order chi connectivity index (χ0) is 15.2. The molecular weight excluding hydrogens is 268 g/mol. The lowest BCUT2D eigenvalue weighted by molar-refractivity contribution is 0.499. The second-order valence-electron chi connectivity index (χ2n) is 5.57. The van der Waals surface area contributed by atoms with Crippen LogP contribution in [0.3, 0.4) is 0 Å². The molecule has 1 nitrogen and oxygen atoms in total. The Hall–Kier alpha value is -1.74. The molecule has 0 aliphatic carbocycles. The summed E-state index contributed by atoms with van der Waals surface area (Å²) >= 11 is 0. The van der Waals surface area contributed by atoms with Crippen molar-refractivity contribution in [1.29, 1.82) is 0 Å². The van der Waals surface area contributed by atoms with Gasteiger partial charge in [-0.15, -0.1) is 0 Å². The van der Waals surface area contributed by atoms with E-state index in [2.05, 4.69) is 19.2 Å². The molecule has 0 spiro atoms. The highest BCUT2D eigenvalue weighted by Crippen LogP contribution is 2.24. The molecule has 2 rings (SSSR count). The van der Waals surface area contributed by atoms with Crippen molar-refractivity contribution in [2.45, 2.75) is 32.2 Å². The topological polar surface area (TPSA) is 12.0 Å². The van der Waals surface area contributed by atoms with Crippen molar-refractivity contribution in [3.8, 4) is 0 Å². The van der Waals surface area contributed by atoms with Gasteiger partial charge in [0.1, 0.15) is 11.6 Å². The first kappa shape index (κ1) is 15.6. The van der Waals surface area contributed by atoms with Crippen molar-refractivity contribution < 1.29 is 8.78 Å². The molecule has 2 aromatic rings. The van der Waals surface area contributed by atoms with Gasteiger partial charge in [-0.1, -0.05) is 50.2 Å². The fourth-order valence-corrected chi connectivity index (χ4v) is 2.38. The third-order valence-corrected chi connectivity index (χ3v) is 3.56. The summed E-state index contributed by atoms with van der Waals surface area (Å²) in [6.07, 6.45) is 0.349. The molecule has 0 fully saturated rings. The van der Waals surface area contributed by atoms with Crippen LogP contribution in [0.2, 0.25) is 0 Å². The Balaban J connectivity index is 2.23.